The summed E-state index contributed by atoms with van der Waals surface area (Å²) in [6, 6.07) is 1.61. The summed E-state index contributed by atoms with van der Waals surface area (Å²) >= 11 is 3.24. The molecule has 1 aliphatic carbocycles. The molecule has 0 bridgehead atoms. The van der Waals surface area contributed by atoms with Crippen molar-refractivity contribution in [2.45, 2.75) is 44.0 Å². The third-order valence-corrected chi connectivity index (χ3v) is 5.83. The lowest BCUT2D eigenvalue weighted by Crippen LogP contribution is -2.39. The van der Waals surface area contributed by atoms with Gasteiger partial charge in [0.05, 0.1) is 0 Å². The van der Waals surface area contributed by atoms with Gasteiger partial charge in [-0.3, -0.25) is 4.98 Å². The molecule has 1 heterocycles. The first-order valence-electron chi connectivity index (χ1n) is 6.51. The summed E-state index contributed by atoms with van der Waals surface area (Å²) in [6.07, 6.45) is 5.84. The van der Waals surface area contributed by atoms with Crippen LogP contribution in [-0.2, 0) is 10.0 Å². The van der Waals surface area contributed by atoms with Gasteiger partial charge in [-0.1, -0.05) is 13.8 Å². The lowest BCUT2D eigenvalue weighted by molar-refractivity contribution is 0.242. The predicted molar refractivity (Wildman–Crippen MR) is 78.2 cm³/mol. The molecule has 1 aromatic heterocycles. The minimum absolute atomic E-state index is 0.0372. The number of hydrogen-bond donors (Lipinski definition) is 1. The van der Waals surface area contributed by atoms with Crippen LogP contribution in [0.4, 0.5) is 0 Å². The Balaban J connectivity index is 2.10. The van der Waals surface area contributed by atoms with Crippen LogP contribution in [0.25, 0.3) is 0 Å². The van der Waals surface area contributed by atoms with E-state index < -0.39 is 10.0 Å². The number of pyridine rings is 1. The van der Waals surface area contributed by atoms with Crippen molar-refractivity contribution in [3.63, 3.8) is 0 Å². The summed E-state index contributed by atoms with van der Waals surface area (Å²) in [5.41, 5.74) is 0. The van der Waals surface area contributed by atoms with E-state index in [-0.39, 0.29) is 10.9 Å². The van der Waals surface area contributed by atoms with E-state index in [0.29, 0.717) is 16.3 Å². The lowest BCUT2D eigenvalue weighted by Gasteiger charge is -2.32. The van der Waals surface area contributed by atoms with E-state index in [2.05, 4.69) is 39.5 Å². The topological polar surface area (TPSA) is 59.1 Å². The first-order chi connectivity index (χ1) is 8.88. The van der Waals surface area contributed by atoms with E-state index in [1.54, 1.807) is 12.3 Å². The summed E-state index contributed by atoms with van der Waals surface area (Å²) in [6.45, 7) is 4.42. The van der Waals surface area contributed by atoms with Crippen LogP contribution < -0.4 is 4.72 Å². The van der Waals surface area contributed by atoms with Crippen LogP contribution in [0.1, 0.15) is 33.1 Å². The third kappa shape index (κ3) is 3.77. The van der Waals surface area contributed by atoms with E-state index >= 15 is 0 Å². The van der Waals surface area contributed by atoms with Crippen molar-refractivity contribution < 1.29 is 8.42 Å². The molecule has 1 aromatic rings. The van der Waals surface area contributed by atoms with Gasteiger partial charge in [0.25, 0.3) is 0 Å². The quantitative estimate of drug-likeness (QED) is 0.915. The Kier molecular flexibility index (Phi) is 4.63. The second-order valence-electron chi connectivity index (χ2n) is 5.42. The first kappa shape index (κ1) is 14.9. The normalized spacial score (nSPS) is 28.3. The van der Waals surface area contributed by atoms with Gasteiger partial charge < -0.3 is 0 Å². The molecule has 1 saturated carbocycles. The minimum atomic E-state index is -3.47. The fourth-order valence-electron chi connectivity index (χ4n) is 2.48. The second kappa shape index (κ2) is 5.89. The number of rotatable bonds is 3. The highest BCUT2D eigenvalue weighted by Gasteiger charge is 2.28. The molecular weight excluding hydrogens is 328 g/mol. The van der Waals surface area contributed by atoms with Crippen molar-refractivity contribution in [1.82, 2.24) is 9.71 Å². The largest absolute Gasteiger partial charge is 0.262 e. The molecule has 0 aliphatic heterocycles. The molecule has 3 atom stereocenters. The van der Waals surface area contributed by atoms with Crippen molar-refractivity contribution in [1.29, 1.82) is 0 Å². The van der Waals surface area contributed by atoms with E-state index in [4.69, 9.17) is 0 Å². The molecule has 2 rings (SSSR count). The smallest absolute Gasteiger partial charge is 0.242 e. The molecule has 6 heteroatoms. The molecule has 1 aliphatic rings. The zero-order chi connectivity index (χ0) is 14.0. The van der Waals surface area contributed by atoms with E-state index in [1.807, 2.05) is 0 Å². The molecule has 1 N–H and O–H groups in total. The monoisotopic (exact) mass is 346 g/mol. The second-order valence-corrected chi connectivity index (χ2v) is 8.05. The van der Waals surface area contributed by atoms with Crippen molar-refractivity contribution in [3.05, 3.63) is 22.9 Å². The van der Waals surface area contributed by atoms with Crippen LogP contribution >= 0.6 is 15.9 Å². The molecule has 0 saturated heterocycles. The molecule has 1 fully saturated rings. The van der Waals surface area contributed by atoms with Crippen LogP contribution in [0.3, 0.4) is 0 Å². The lowest BCUT2D eigenvalue weighted by atomic mass is 9.79. The number of nitrogens with one attached hydrogen (secondary N) is 1. The zero-order valence-electron chi connectivity index (χ0n) is 11.1. The number of halogens is 1. The van der Waals surface area contributed by atoms with Gasteiger partial charge in [-0.2, -0.15) is 0 Å². The molecule has 4 nitrogen and oxygen atoms in total. The van der Waals surface area contributed by atoms with Gasteiger partial charge in [-0.15, -0.1) is 0 Å². The Morgan fingerprint density at radius 3 is 2.63 bits per heavy atom. The highest BCUT2D eigenvalue weighted by atomic mass is 79.9. The Morgan fingerprint density at radius 2 is 2.00 bits per heavy atom. The number of sulfonamides is 1. The Hall–Kier alpha value is -0.460. The number of hydrogen-bond acceptors (Lipinski definition) is 3. The third-order valence-electron chi connectivity index (χ3n) is 3.91. The Morgan fingerprint density at radius 1 is 1.26 bits per heavy atom. The molecule has 0 amide bonds. The maximum atomic E-state index is 12.3. The van der Waals surface area contributed by atoms with Crippen LogP contribution in [0.5, 0.6) is 0 Å². The van der Waals surface area contributed by atoms with Crippen molar-refractivity contribution in [2.75, 3.05) is 0 Å². The van der Waals surface area contributed by atoms with Gasteiger partial charge >= 0.3 is 0 Å². The van der Waals surface area contributed by atoms with Crippen molar-refractivity contribution in [2.24, 2.45) is 11.8 Å². The molecule has 19 heavy (non-hydrogen) atoms. The summed E-state index contributed by atoms with van der Waals surface area (Å²) in [5.74, 6) is 1.23. The van der Waals surface area contributed by atoms with Crippen molar-refractivity contribution in [3.8, 4) is 0 Å². The first-order valence-corrected chi connectivity index (χ1v) is 8.79. The van der Waals surface area contributed by atoms with Gasteiger partial charge in [0.2, 0.25) is 10.0 Å². The Labute approximate surface area is 123 Å². The van der Waals surface area contributed by atoms with E-state index in [0.717, 1.165) is 19.3 Å². The number of aromatic nitrogens is 1. The maximum absolute atomic E-state index is 12.3. The van der Waals surface area contributed by atoms with Gasteiger partial charge in [0.1, 0.15) is 4.90 Å². The SMILES string of the molecule is CC1CCC(NS(=O)(=O)c2cncc(Br)c2)CC1C. The van der Waals surface area contributed by atoms with Crippen LogP contribution in [0.15, 0.2) is 27.8 Å². The van der Waals surface area contributed by atoms with Gasteiger partial charge in [-0.05, 0) is 53.1 Å². The predicted octanol–water partition coefficient (Wildman–Crippen LogP) is 2.95. The van der Waals surface area contributed by atoms with Gasteiger partial charge in [-0.25, -0.2) is 13.1 Å². The molecule has 0 radical (unpaired) electrons. The average molecular weight is 347 g/mol. The van der Waals surface area contributed by atoms with Crippen LogP contribution in [0.2, 0.25) is 0 Å². The minimum Gasteiger partial charge on any atom is -0.262 e. The fraction of sp³-hybridized carbons (Fsp3) is 0.615. The summed E-state index contributed by atoms with van der Waals surface area (Å²) in [7, 11) is -3.47. The van der Waals surface area contributed by atoms with E-state index in [1.165, 1.54) is 6.20 Å². The highest BCUT2D eigenvalue weighted by molar-refractivity contribution is 9.10. The molecular formula is C13H19BrN2O2S. The van der Waals surface area contributed by atoms with Crippen LogP contribution in [-0.4, -0.2) is 19.4 Å². The molecule has 106 valence electrons. The maximum Gasteiger partial charge on any atom is 0.242 e. The summed E-state index contributed by atoms with van der Waals surface area (Å²) in [4.78, 5) is 4.12. The summed E-state index contributed by atoms with van der Waals surface area (Å²) in [5, 5.41) is 0. The molecule has 0 spiro atoms. The molecule has 3 unspecified atom stereocenters. The Bertz CT molecular complexity index is 547. The van der Waals surface area contributed by atoms with Crippen LogP contribution in [0, 0.1) is 11.8 Å². The fourth-order valence-corrected chi connectivity index (χ4v) is 4.27. The highest BCUT2D eigenvalue weighted by Crippen LogP contribution is 2.30. The van der Waals surface area contributed by atoms with Crippen molar-refractivity contribution >= 4 is 26.0 Å². The molecule has 0 aromatic carbocycles. The number of nitrogens with zero attached hydrogens (tertiary/aromatic N) is 1. The average Bonchev–Trinajstić information content (AvgIpc) is 2.33. The van der Waals surface area contributed by atoms with Gasteiger partial charge in [0.15, 0.2) is 0 Å². The van der Waals surface area contributed by atoms with Gasteiger partial charge in [0, 0.05) is 22.9 Å². The zero-order valence-corrected chi connectivity index (χ0v) is 13.5. The standard InChI is InChI=1S/C13H19BrN2O2S/c1-9-3-4-12(5-10(9)2)16-19(17,18)13-6-11(14)7-15-8-13/h6-10,12,16H,3-5H2,1-2H3. The van der Waals surface area contributed by atoms with E-state index in [9.17, 15) is 8.42 Å². The summed E-state index contributed by atoms with van der Waals surface area (Å²) < 4.78 is 28.0.